The second kappa shape index (κ2) is 45.3. The lowest BCUT2D eigenvalue weighted by Gasteiger charge is -2.11. The SMILES string of the molecule is CN(C)C.CSC.Cc1ccc2c(c1)c1cc3c(cc1n2-c1nc(-c2ccccc2)nc(-c2ccccc2)n1)sc1ccccc13.Cc1ccc2c3cc4c(cc3n(-c3nc(-c5ccccc5)nc(-c5ccccc5)n3)c2c1)sc1ccccc14.Cc1cccc(-c2cccc(C(=O)c3ccccc3)c2)c1.Cc1cccc(-c2nc(-c3ccccc3)nc(-c3ccccc3)n2)c1.Cc1cccc(C(=O)c2ccccc2)c1. The number of benzene rings is 18. The first-order valence-electron chi connectivity index (χ1n) is 48.3. The van der Waals surface area contributed by atoms with Crippen molar-refractivity contribution in [3.63, 3.8) is 0 Å². The largest absolute Gasteiger partial charge is 0.312 e. The molecule has 0 atom stereocenters. The smallest absolute Gasteiger partial charge is 0.238 e. The zero-order valence-corrected chi connectivity index (χ0v) is 85.1. The van der Waals surface area contributed by atoms with Gasteiger partial charge in [0, 0.05) is 123 Å². The number of ketones is 2. The Labute approximate surface area is 862 Å². The highest BCUT2D eigenvalue weighted by atomic mass is 32.2. The first-order chi connectivity index (χ1) is 71.4. The molecule has 18 aromatic carbocycles. The molecule has 0 unspecified atom stereocenters. The van der Waals surface area contributed by atoms with Crippen LogP contribution < -0.4 is 0 Å². The number of thiophene rings is 2. The number of fused-ring (bicyclic) bond motifs is 12. The second-order valence-corrected chi connectivity index (χ2v) is 39.0. The number of aromatic nitrogens is 11. The van der Waals surface area contributed by atoms with Crippen LogP contribution in [0.2, 0.25) is 0 Å². The highest BCUT2D eigenvalue weighted by Gasteiger charge is 2.24. The van der Waals surface area contributed by atoms with Gasteiger partial charge in [0.1, 0.15) is 0 Å². The Morgan fingerprint density at radius 1 is 0.212 bits per heavy atom. The van der Waals surface area contributed by atoms with E-state index in [0.717, 1.165) is 100.0 Å². The van der Waals surface area contributed by atoms with Crippen molar-refractivity contribution in [2.45, 2.75) is 34.6 Å². The first kappa shape index (κ1) is 97.5. The lowest BCUT2D eigenvalue weighted by atomic mass is 9.97. The van der Waals surface area contributed by atoms with Crippen LogP contribution in [0.5, 0.6) is 0 Å². The summed E-state index contributed by atoms with van der Waals surface area (Å²) in [5.74, 6) is 6.07. The predicted octanol–water partition coefficient (Wildman–Crippen LogP) is 32.4. The molecule has 0 aliphatic heterocycles. The van der Waals surface area contributed by atoms with E-state index in [2.05, 4.69) is 176 Å². The van der Waals surface area contributed by atoms with Crippen molar-refractivity contribution in [2.75, 3.05) is 33.7 Å². The maximum absolute atomic E-state index is 12.5. The van der Waals surface area contributed by atoms with Crippen LogP contribution in [0.4, 0.5) is 0 Å². The second-order valence-electron chi connectivity index (χ2n) is 36.0. The van der Waals surface area contributed by atoms with E-state index in [1.54, 1.807) is 11.8 Å². The van der Waals surface area contributed by atoms with Crippen LogP contribution in [0.3, 0.4) is 0 Å². The molecule has 0 N–H and O–H groups in total. The highest BCUT2D eigenvalue weighted by molar-refractivity contribution is 7.97. The number of rotatable bonds is 14. The van der Waals surface area contributed by atoms with Gasteiger partial charge < -0.3 is 4.90 Å². The average Bonchev–Trinajstić information content (AvgIpc) is 1.57. The maximum Gasteiger partial charge on any atom is 0.238 e. The van der Waals surface area contributed by atoms with Crippen LogP contribution >= 0.6 is 34.4 Å². The van der Waals surface area contributed by atoms with Gasteiger partial charge in [0.25, 0.3) is 0 Å². The number of carbonyl (C=O) groups is 2. The third-order valence-electron chi connectivity index (χ3n) is 24.4. The Bertz CT molecular complexity index is 8750. The monoisotopic (exact) mass is 1950 g/mol. The summed E-state index contributed by atoms with van der Waals surface area (Å²) in [6.45, 7) is 10.4. The van der Waals surface area contributed by atoms with E-state index >= 15 is 0 Å². The lowest BCUT2D eigenvalue weighted by molar-refractivity contribution is 0.103. The molecule has 0 bridgehead atoms. The molecule has 0 saturated carbocycles. The van der Waals surface area contributed by atoms with E-state index in [1.165, 1.54) is 84.1 Å². The van der Waals surface area contributed by atoms with Gasteiger partial charge in [-0.1, -0.05) is 398 Å². The summed E-state index contributed by atoms with van der Waals surface area (Å²) in [7, 11) is 6.00. The molecule has 0 amide bonds. The van der Waals surface area contributed by atoms with Crippen LogP contribution in [0.25, 0.3) is 187 Å². The van der Waals surface area contributed by atoms with Gasteiger partial charge in [-0.15, -0.1) is 22.7 Å². The zero-order chi connectivity index (χ0) is 101. The summed E-state index contributed by atoms with van der Waals surface area (Å²) >= 11 is 5.40. The van der Waals surface area contributed by atoms with E-state index in [1.807, 2.05) is 378 Å². The third-order valence-corrected chi connectivity index (χ3v) is 26.7. The minimum Gasteiger partial charge on any atom is -0.312 e. The molecule has 710 valence electrons. The zero-order valence-electron chi connectivity index (χ0n) is 82.6. The number of thioether (sulfide) groups is 1. The molecule has 146 heavy (non-hydrogen) atoms. The fourth-order valence-corrected chi connectivity index (χ4v) is 19.8. The van der Waals surface area contributed by atoms with Crippen molar-refractivity contribution in [1.82, 2.24) is 58.9 Å². The van der Waals surface area contributed by atoms with Gasteiger partial charge in [0.2, 0.25) is 11.9 Å². The number of nitrogens with zero attached hydrogens (tertiary/aromatic N) is 12. The van der Waals surface area contributed by atoms with Crippen LogP contribution in [0.1, 0.15) is 59.7 Å². The summed E-state index contributed by atoms with van der Waals surface area (Å²) in [4.78, 5) is 70.7. The third kappa shape index (κ3) is 22.4. The summed E-state index contributed by atoms with van der Waals surface area (Å²) in [6.07, 6.45) is 4.08. The van der Waals surface area contributed by atoms with Crippen LogP contribution in [-0.2, 0) is 0 Å². The van der Waals surface area contributed by atoms with Crippen LogP contribution in [-0.4, -0.2) is 104 Å². The number of carbonyl (C=O) groups excluding carboxylic acids is 2. The fourth-order valence-electron chi connectivity index (χ4n) is 17.6. The van der Waals surface area contributed by atoms with Gasteiger partial charge in [-0.25, -0.2) is 24.9 Å². The molecule has 0 saturated heterocycles. The molecule has 0 spiro atoms. The van der Waals surface area contributed by atoms with Crippen molar-refractivity contribution in [3.8, 4) is 103 Å². The Balaban J connectivity index is 0.000000117. The van der Waals surface area contributed by atoms with Crippen molar-refractivity contribution >= 4 is 130 Å². The van der Waals surface area contributed by atoms with Crippen LogP contribution in [0.15, 0.2) is 449 Å². The van der Waals surface area contributed by atoms with Gasteiger partial charge >= 0.3 is 0 Å². The molecule has 7 heterocycles. The number of hydrogen-bond donors (Lipinski definition) is 0. The van der Waals surface area contributed by atoms with Crippen LogP contribution in [0, 0.1) is 34.6 Å². The number of hydrogen-bond acceptors (Lipinski definition) is 15. The molecule has 7 aromatic heterocycles. The fraction of sp³-hybridized carbons (Fsp3) is 0.0775. The average molecular weight is 1950 g/mol. The Kier molecular flexibility index (Phi) is 30.3. The molecule has 0 aliphatic carbocycles. The van der Waals surface area contributed by atoms with Crippen molar-refractivity contribution in [3.05, 3.63) is 499 Å². The molecule has 25 aromatic rings. The van der Waals surface area contributed by atoms with Crippen molar-refractivity contribution in [2.24, 2.45) is 0 Å². The highest BCUT2D eigenvalue weighted by Crippen LogP contribution is 2.44. The van der Waals surface area contributed by atoms with E-state index < -0.39 is 0 Å². The standard InChI is InChI=1S/2C34H22N4S.C22H17N3.C20H16O.C14H12O.C3H9N.C2H6S/c1-21-16-17-24-26-19-27-25-14-8-9-15-30(25)39-31(27)20-29(26)38(28(24)18-21)34-36-32(22-10-4-2-5-11-22)35-33(37-34)23-12-6-3-7-13-23;1-21-16-17-28-25(18-21)26-19-27-24-14-8-9-15-30(24)39-31(27)20-29(26)38(28)34-36-32(22-10-4-2-5-11-22)35-33(37-34)23-12-6-3-7-13-23;1-16-9-8-14-19(15-16)22-24-20(17-10-4-2-5-11-17)23-21(25-22)18-12-6-3-7-13-18;1-15-7-5-10-17(13-15)18-11-6-12-19(14-18)20(21)16-8-3-2-4-9-16;1-11-6-5-9-13(10-11)14(15)12-7-3-2-4-8-12;1-4(2)3;1-3-2/h2*2-20H,1H3;2-15H,1H3;2-14H,1H3;2-10H,1H3;1-3H3;1-2H3. The Morgan fingerprint density at radius 2 is 0.479 bits per heavy atom. The topological polar surface area (TPSA) is 163 Å². The van der Waals surface area contributed by atoms with Gasteiger partial charge in [0.05, 0.1) is 22.1 Å². The summed E-state index contributed by atoms with van der Waals surface area (Å²) in [5, 5.41) is 9.95. The van der Waals surface area contributed by atoms with E-state index in [-0.39, 0.29) is 11.6 Å². The Morgan fingerprint density at radius 3 is 0.877 bits per heavy atom. The summed E-state index contributed by atoms with van der Waals surface area (Å²) < 4.78 is 9.52. The summed E-state index contributed by atoms with van der Waals surface area (Å²) in [5.41, 5.74) is 22.2. The quantitative estimate of drug-likeness (QED) is 0.0946. The molecule has 25 rings (SSSR count). The molecular weight excluding hydrogens is 1850 g/mol. The number of aryl methyl sites for hydroxylation is 5. The summed E-state index contributed by atoms with van der Waals surface area (Å²) in [6, 6.07) is 151. The van der Waals surface area contributed by atoms with E-state index in [9.17, 15) is 9.59 Å². The van der Waals surface area contributed by atoms with E-state index in [0.29, 0.717) is 52.7 Å². The van der Waals surface area contributed by atoms with Gasteiger partial charge in [-0.05, 0) is 158 Å². The maximum atomic E-state index is 12.5. The lowest BCUT2D eigenvalue weighted by Crippen LogP contribution is -2.06. The van der Waals surface area contributed by atoms with Crippen molar-refractivity contribution in [1.29, 1.82) is 0 Å². The molecule has 14 nitrogen and oxygen atoms in total. The van der Waals surface area contributed by atoms with Crippen molar-refractivity contribution < 1.29 is 9.59 Å². The van der Waals surface area contributed by atoms with Gasteiger partial charge in [-0.3, -0.25) is 18.7 Å². The van der Waals surface area contributed by atoms with Gasteiger partial charge in [0.15, 0.2) is 52.3 Å². The molecule has 17 heteroatoms. The van der Waals surface area contributed by atoms with Gasteiger partial charge in [-0.2, -0.15) is 31.7 Å². The molecule has 0 radical (unpaired) electrons. The predicted molar refractivity (Wildman–Crippen MR) is 613 cm³/mol. The van der Waals surface area contributed by atoms with E-state index in [4.69, 9.17) is 44.9 Å². The minimum atomic E-state index is 0.0603. The minimum absolute atomic E-state index is 0.0603. The normalized spacial score (nSPS) is 11.0. The molecule has 0 aliphatic rings. The first-order valence-corrected chi connectivity index (χ1v) is 51.5. The molecular formula is C129H104N12O2S3. The molecule has 0 fully saturated rings. The Hall–Kier alpha value is -17.3.